The molecule has 0 aromatic carbocycles. The summed E-state index contributed by atoms with van der Waals surface area (Å²) >= 11 is 4.72. The summed E-state index contributed by atoms with van der Waals surface area (Å²) in [6.45, 7) is 0. The molecule has 0 heterocycles. The van der Waals surface area contributed by atoms with Gasteiger partial charge in [0.15, 0.2) is 0 Å². The van der Waals surface area contributed by atoms with Crippen LogP contribution >= 0.6 is 12.2 Å². The molecule has 1 aliphatic rings. The van der Waals surface area contributed by atoms with Crippen molar-refractivity contribution in [2.24, 2.45) is 11.5 Å². The maximum absolute atomic E-state index is 5.69. The summed E-state index contributed by atoms with van der Waals surface area (Å²) in [5, 5.41) is 3.22. The van der Waals surface area contributed by atoms with Crippen LogP contribution < -0.4 is 16.8 Å². The van der Waals surface area contributed by atoms with E-state index in [1.54, 1.807) is 6.08 Å². The lowest BCUT2D eigenvalue weighted by Crippen LogP contribution is -2.34. The third-order valence-corrected chi connectivity index (χ3v) is 2.39. The summed E-state index contributed by atoms with van der Waals surface area (Å²) < 4.78 is 0. The monoisotopic (exact) mass is 199 g/mol. The maximum atomic E-state index is 5.69. The molecule has 1 saturated carbocycles. The highest BCUT2D eigenvalue weighted by Crippen LogP contribution is 2.17. The largest absolute Gasteiger partial charge is 0.390 e. The molecule has 1 fully saturated rings. The lowest BCUT2D eigenvalue weighted by atomic mass is 9.95. The van der Waals surface area contributed by atoms with E-state index in [0.29, 0.717) is 16.9 Å². The maximum Gasteiger partial charge on any atom is 0.0998 e. The first-order valence-corrected chi connectivity index (χ1v) is 5.12. The number of hydrogen-bond acceptors (Lipinski definition) is 3. The van der Waals surface area contributed by atoms with Gasteiger partial charge >= 0.3 is 0 Å². The average molecular weight is 199 g/mol. The van der Waals surface area contributed by atoms with Crippen molar-refractivity contribution in [1.29, 1.82) is 0 Å². The molecule has 0 saturated heterocycles. The SMILES string of the molecule is NC(=S)C=C(N)NC1CCCCC1. The fourth-order valence-electron chi connectivity index (χ4n) is 1.68. The lowest BCUT2D eigenvalue weighted by Gasteiger charge is -2.23. The fraction of sp³-hybridized carbons (Fsp3) is 0.667. The molecule has 3 nitrogen and oxygen atoms in total. The zero-order valence-corrected chi connectivity index (χ0v) is 8.57. The summed E-state index contributed by atoms with van der Waals surface area (Å²) in [7, 11) is 0. The van der Waals surface area contributed by atoms with Crippen molar-refractivity contribution >= 4 is 17.2 Å². The minimum absolute atomic E-state index is 0.334. The molecule has 0 amide bonds. The van der Waals surface area contributed by atoms with Gasteiger partial charge in [-0.05, 0) is 12.8 Å². The van der Waals surface area contributed by atoms with E-state index in [1.165, 1.54) is 32.1 Å². The Hall–Kier alpha value is -0.770. The number of hydrogen-bond donors (Lipinski definition) is 3. The molecule has 1 aliphatic carbocycles. The predicted molar refractivity (Wildman–Crippen MR) is 59.1 cm³/mol. The molecule has 5 N–H and O–H groups in total. The van der Waals surface area contributed by atoms with E-state index in [4.69, 9.17) is 23.7 Å². The molecule has 13 heavy (non-hydrogen) atoms. The molecule has 0 unspecified atom stereocenters. The molecule has 0 radical (unpaired) electrons. The second-order valence-electron chi connectivity index (χ2n) is 3.48. The molecular formula is C9H17N3S. The molecule has 0 aromatic heterocycles. The van der Waals surface area contributed by atoms with Crippen molar-refractivity contribution in [1.82, 2.24) is 5.32 Å². The van der Waals surface area contributed by atoms with Crippen molar-refractivity contribution in [3.05, 3.63) is 11.9 Å². The van der Waals surface area contributed by atoms with Gasteiger partial charge in [-0.25, -0.2) is 0 Å². The fourth-order valence-corrected chi connectivity index (χ4v) is 1.80. The van der Waals surface area contributed by atoms with Crippen molar-refractivity contribution in [2.45, 2.75) is 38.1 Å². The number of rotatable bonds is 3. The molecular weight excluding hydrogens is 182 g/mol. The van der Waals surface area contributed by atoms with Crippen LogP contribution in [0.1, 0.15) is 32.1 Å². The zero-order valence-electron chi connectivity index (χ0n) is 7.75. The van der Waals surface area contributed by atoms with E-state index < -0.39 is 0 Å². The van der Waals surface area contributed by atoms with Gasteiger partial charge in [-0.15, -0.1) is 0 Å². The van der Waals surface area contributed by atoms with E-state index in [9.17, 15) is 0 Å². The first kappa shape index (κ1) is 10.3. The topological polar surface area (TPSA) is 64.1 Å². The Balaban J connectivity index is 2.33. The highest BCUT2D eigenvalue weighted by Gasteiger charge is 2.12. The molecule has 4 heteroatoms. The Morgan fingerprint density at radius 1 is 1.23 bits per heavy atom. The zero-order chi connectivity index (χ0) is 9.68. The van der Waals surface area contributed by atoms with E-state index in [0.717, 1.165) is 0 Å². The van der Waals surface area contributed by atoms with Crippen molar-refractivity contribution < 1.29 is 0 Å². The highest BCUT2D eigenvalue weighted by molar-refractivity contribution is 7.80. The Morgan fingerprint density at radius 2 is 1.85 bits per heavy atom. The molecule has 0 atom stereocenters. The Bertz CT molecular complexity index is 207. The van der Waals surface area contributed by atoms with Gasteiger partial charge < -0.3 is 16.8 Å². The molecule has 0 aromatic rings. The number of thiocarbonyl (C=S) groups is 1. The molecule has 0 bridgehead atoms. The van der Waals surface area contributed by atoms with Crippen LogP contribution in [0, 0.1) is 0 Å². The van der Waals surface area contributed by atoms with Gasteiger partial charge in [0, 0.05) is 12.1 Å². The smallest absolute Gasteiger partial charge is 0.0998 e. The third-order valence-electron chi connectivity index (χ3n) is 2.27. The second-order valence-corrected chi connectivity index (χ2v) is 3.95. The minimum Gasteiger partial charge on any atom is -0.390 e. The third kappa shape index (κ3) is 4.12. The molecule has 74 valence electrons. The molecule has 0 spiro atoms. The quantitative estimate of drug-likeness (QED) is 0.468. The van der Waals surface area contributed by atoms with E-state index >= 15 is 0 Å². The van der Waals surface area contributed by atoms with Crippen LogP contribution in [-0.4, -0.2) is 11.0 Å². The van der Waals surface area contributed by atoms with Gasteiger partial charge in [0.05, 0.1) is 10.8 Å². The molecule has 0 aliphatic heterocycles. The van der Waals surface area contributed by atoms with Gasteiger partial charge in [0.1, 0.15) is 0 Å². The van der Waals surface area contributed by atoms with Crippen LogP contribution in [0.4, 0.5) is 0 Å². The molecule has 1 rings (SSSR count). The first-order chi connectivity index (χ1) is 6.18. The summed E-state index contributed by atoms with van der Waals surface area (Å²) in [4.78, 5) is 0.334. The van der Waals surface area contributed by atoms with Gasteiger partial charge in [0.25, 0.3) is 0 Å². The van der Waals surface area contributed by atoms with Gasteiger partial charge in [-0.2, -0.15) is 0 Å². The van der Waals surface area contributed by atoms with Crippen LogP contribution in [0.2, 0.25) is 0 Å². The van der Waals surface area contributed by atoms with Gasteiger partial charge in [-0.1, -0.05) is 31.5 Å². The summed E-state index contributed by atoms with van der Waals surface area (Å²) in [5.41, 5.74) is 11.0. The van der Waals surface area contributed by atoms with Crippen molar-refractivity contribution in [3.8, 4) is 0 Å². The van der Waals surface area contributed by atoms with Crippen molar-refractivity contribution in [2.75, 3.05) is 0 Å². The van der Waals surface area contributed by atoms with Crippen molar-refractivity contribution in [3.63, 3.8) is 0 Å². The number of nitrogens with one attached hydrogen (secondary N) is 1. The predicted octanol–water partition coefficient (Wildman–Crippen LogP) is 0.995. The number of nitrogens with two attached hydrogens (primary N) is 2. The minimum atomic E-state index is 0.334. The van der Waals surface area contributed by atoms with Gasteiger partial charge in [-0.3, -0.25) is 0 Å². The first-order valence-electron chi connectivity index (χ1n) is 4.71. The standard InChI is InChI=1S/C9H17N3S/c10-8(6-9(11)13)12-7-4-2-1-3-5-7/h6-7,12H,1-5,10H2,(H2,11,13). The average Bonchev–Trinajstić information content (AvgIpc) is 2.04. The second kappa shape index (κ2) is 5.07. The Morgan fingerprint density at radius 3 is 2.38 bits per heavy atom. The van der Waals surface area contributed by atoms with E-state index in [1.807, 2.05) is 0 Å². The Labute approximate surface area is 84.6 Å². The summed E-state index contributed by atoms with van der Waals surface area (Å²) in [6.07, 6.45) is 7.93. The van der Waals surface area contributed by atoms with Crippen LogP contribution in [0.25, 0.3) is 0 Å². The van der Waals surface area contributed by atoms with E-state index in [2.05, 4.69) is 5.32 Å². The van der Waals surface area contributed by atoms with E-state index in [-0.39, 0.29) is 0 Å². The van der Waals surface area contributed by atoms with Crippen LogP contribution in [0.3, 0.4) is 0 Å². The lowest BCUT2D eigenvalue weighted by molar-refractivity contribution is 0.395. The summed E-state index contributed by atoms with van der Waals surface area (Å²) in [5.74, 6) is 0.597. The summed E-state index contributed by atoms with van der Waals surface area (Å²) in [6, 6.07) is 0.513. The normalized spacial score (nSPS) is 19.8. The van der Waals surface area contributed by atoms with Gasteiger partial charge in [0.2, 0.25) is 0 Å². The van der Waals surface area contributed by atoms with Crippen LogP contribution in [-0.2, 0) is 0 Å². The Kier molecular flexibility index (Phi) is 4.02. The highest BCUT2D eigenvalue weighted by atomic mass is 32.1. The van der Waals surface area contributed by atoms with Crippen LogP contribution in [0.15, 0.2) is 11.9 Å². The van der Waals surface area contributed by atoms with Crippen LogP contribution in [0.5, 0.6) is 0 Å².